The van der Waals surface area contributed by atoms with Gasteiger partial charge in [-0.15, -0.1) is 12.4 Å². The fourth-order valence-electron chi connectivity index (χ4n) is 1.62. The second-order valence-corrected chi connectivity index (χ2v) is 3.32. The highest BCUT2D eigenvalue weighted by atomic mass is 35.5. The molecule has 0 bridgehead atoms. The van der Waals surface area contributed by atoms with Crippen LogP contribution in [0.5, 0.6) is 5.75 Å². The molecule has 1 aromatic heterocycles. The van der Waals surface area contributed by atoms with E-state index in [1.807, 2.05) is 0 Å². The summed E-state index contributed by atoms with van der Waals surface area (Å²) in [6.45, 7) is 2.07. The van der Waals surface area contributed by atoms with Gasteiger partial charge < -0.3 is 10.4 Å². The summed E-state index contributed by atoms with van der Waals surface area (Å²) in [4.78, 5) is 8.23. The number of halogens is 1. The SMILES string of the molecule is Cl.Oc1cnc(C2CCNCC2)nc1. The Bertz CT molecular complexity index is 272. The van der Waals surface area contributed by atoms with Crippen LogP contribution < -0.4 is 5.32 Å². The number of hydrogen-bond acceptors (Lipinski definition) is 4. The van der Waals surface area contributed by atoms with E-state index in [0.717, 1.165) is 31.8 Å². The standard InChI is InChI=1S/C9H13N3O.ClH/c13-8-5-11-9(12-6-8)7-1-3-10-4-2-7;/h5-7,10,13H,1-4H2;1H. The van der Waals surface area contributed by atoms with Crippen LogP contribution in [0.2, 0.25) is 0 Å². The molecule has 0 atom stereocenters. The van der Waals surface area contributed by atoms with Crippen molar-refractivity contribution in [2.45, 2.75) is 18.8 Å². The van der Waals surface area contributed by atoms with Crippen LogP contribution in [0.4, 0.5) is 0 Å². The molecule has 2 rings (SSSR count). The van der Waals surface area contributed by atoms with Gasteiger partial charge in [0.1, 0.15) is 5.82 Å². The maximum Gasteiger partial charge on any atom is 0.152 e. The zero-order valence-corrected chi connectivity index (χ0v) is 8.63. The lowest BCUT2D eigenvalue weighted by Gasteiger charge is -2.20. The van der Waals surface area contributed by atoms with E-state index in [1.165, 1.54) is 12.4 Å². The number of aromatic nitrogens is 2. The summed E-state index contributed by atoms with van der Waals surface area (Å²) in [6, 6.07) is 0. The van der Waals surface area contributed by atoms with Gasteiger partial charge in [-0.3, -0.25) is 0 Å². The van der Waals surface area contributed by atoms with Gasteiger partial charge in [0, 0.05) is 5.92 Å². The van der Waals surface area contributed by atoms with Gasteiger partial charge in [0.05, 0.1) is 12.4 Å². The summed E-state index contributed by atoms with van der Waals surface area (Å²) in [6.07, 6.45) is 5.10. The molecular formula is C9H14ClN3O. The molecule has 1 aromatic rings. The third-order valence-electron chi connectivity index (χ3n) is 2.36. The van der Waals surface area contributed by atoms with E-state index in [-0.39, 0.29) is 18.2 Å². The second-order valence-electron chi connectivity index (χ2n) is 3.32. The van der Waals surface area contributed by atoms with Crippen molar-refractivity contribution in [1.29, 1.82) is 0 Å². The largest absolute Gasteiger partial charge is 0.505 e. The Hall–Kier alpha value is -0.870. The summed E-state index contributed by atoms with van der Waals surface area (Å²) < 4.78 is 0. The lowest BCUT2D eigenvalue weighted by Crippen LogP contribution is -2.27. The third kappa shape index (κ3) is 2.56. The highest BCUT2D eigenvalue weighted by Gasteiger charge is 2.17. The molecule has 2 heterocycles. The first-order chi connectivity index (χ1) is 6.36. The number of rotatable bonds is 1. The highest BCUT2D eigenvalue weighted by molar-refractivity contribution is 5.85. The lowest BCUT2D eigenvalue weighted by atomic mass is 9.97. The van der Waals surface area contributed by atoms with Gasteiger partial charge in [-0.05, 0) is 25.9 Å². The first-order valence-corrected chi connectivity index (χ1v) is 4.58. The molecule has 0 spiro atoms. The first-order valence-electron chi connectivity index (χ1n) is 4.58. The molecule has 0 unspecified atom stereocenters. The van der Waals surface area contributed by atoms with Gasteiger partial charge in [-0.2, -0.15) is 0 Å². The first kappa shape index (κ1) is 11.2. The summed E-state index contributed by atoms with van der Waals surface area (Å²) >= 11 is 0. The Morgan fingerprint density at radius 2 is 1.79 bits per heavy atom. The Balaban J connectivity index is 0.000000980. The van der Waals surface area contributed by atoms with Crippen molar-refractivity contribution in [3.63, 3.8) is 0 Å². The molecular weight excluding hydrogens is 202 g/mol. The molecule has 5 heteroatoms. The van der Waals surface area contributed by atoms with Crippen LogP contribution in [0, 0.1) is 0 Å². The second kappa shape index (κ2) is 5.12. The number of piperidine rings is 1. The molecule has 0 radical (unpaired) electrons. The monoisotopic (exact) mass is 215 g/mol. The molecule has 4 nitrogen and oxygen atoms in total. The van der Waals surface area contributed by atoms with Crippen molar-refractivity contribution in [3.05, 3.63) is 18.2 Å². The van der Waals surface area contributed by atoms with Crippen LogP contribution in [0.3, 0.4) is 0 Å². The fourth-order valence-corrected chi connectivity index (χ4v) is 1.62. The van der Waals surface area contributed by atoms with Crippen molar-refractivity contribution >= 4 is 12.4 Å². The Kier molecular flexibility index (Phi) is 4.10. The van der Waals surface area contributed by atoms with Crippen LogP contribution in [-0.4, -0.2) is 28.2 Å². The van der Waals surface area contributed by atoms with E-state index in [0.29, 0.717) is 5.92 Å². The molecule has 1 saturated heterocycles. The Morgan fingerprint density at radius 1 is 1.21 bits per heavy atom. The summed E-state index contributed by atoms with van der Waals surface area (Å²) in [7, 11) is 0. The smallest absolute Gasteiger partial charge is 0.152 e. The van der Waals surface area contributed by atoms with E-state index in [4.69, 9.17) is 5.11 Å². The van der Waals surface area contributed by atoms with E-state index < -0.39 is 0 Å². The van der Waals surface area contributed by atoms with E-state index in [2.05, 4.69) is 15.3 Å². The molecule has 0 amide bonds. The Morgan fingerprint density at radius 3 is 2.36 bits per heavy atom. The molecule has 0 aromatic carbocycles. The zero-order chi connectivity index (χ0) is 9.10. The van der Waals surface area contributed by atoms with Crippen molar-refractivity contribution in [3.8, 4) is 5.75 Å². The molecule has 1 aliphatic rings. The van der Waals surface area contributed by atoms with Gasteiger partial charge in [0.15, 0.2) is 5.75 Å². The van der Waals surface area contributed by atoms with Gasteiger partial charge in [-0.25, -0.2) is 9.97 Å². The van der Waals surface area contributed by atoms with Gasteiger partial charge in [-0.1, -0.05) is 0 Å². The van der Waals surface area contributed by atoms with Crippen LogP contribution in [0.1, 0.15) is 24.6 Å². The van der Waals surface area contributed by atoms with Crippen LogP contribution >= 0.6 is 12.4 Å². The van der Waals surface area contributed by atoms with Gasteiger partial charge in [0.25, 0.3) is 0 Å². The zero-order valence-electron chi connectivity index (χ0n) is 7.81. The van der Waals surface area contributed by atoms with Crippen molar-refractivity contribution in [2.24, 2.45) is 0 Å². The minimum Gasteiger partial charge on any atom is -0.505 e. The maximum atomic E-state index is 9.02. The average Bonchev–Trinajstić information content (AvgIpc) is 2.20. The molecule has 0 aliphatic carbocycles. The van der Waals surface area contributed by atoms with Crippen molar-refractivity contribution in [1.82, 2.24) is 15.3 Å². The average molecular weight is 216 g/mol. The van der Waals surface area contributed by atoms with E-state index >= 15 is 0 Å². The predicted octanol–water partition coefficient (Wildman–Crippen LogP) is 1.07. The minimum atomic E-state index is 0. The number of nitrogens with one attached hydrogen (secondary N) is 1. The van der Waals surface area contributed by atoms with Crippen LogP contribution in [0.15, 0.2) is 12.4 Å². The fraction of sp³-hybridized carbons (Fsp3) is 0.556. The molecule has 0 saturated carbocycles. The quantitative estimate of drug-likeness (QED) is 0.736. The third-order valence-corrected chi connectivity index (χ3v) is 2.36. The van der Waals surface area contributed by atoms with Crippen LogP contribution in [0.25, 0.3) is 0 Å². The number of hydrogen-bond donors (Lipinski definition) is 2. The molecule has 2 N–H and O–H groups in total. The number of aromatic hydroxyl groups is 1. The summed E-state index contributed by atoms with van der Waals surface area (Å²) in [5.41, 5.74) is 0. The topological polar surface area (TPSA) is 58.0 Å². The highest BCUT2D eigenvalue weighted by Crippen LogP contribution is 2.21. The van der Waals surface area contributed by atoms with Crippen LogP contribution in [-0.2, 0) is 0 Å². The van der Waals surface area contributed by atoms with Crippen molar-refractivity contribution in [2.75, 3.05) is 13.1 Å². The number of nitrogens with zero attached hydrogens (tertiary/aromatic N) is 2. The minimum absolute atomic E-state index is 0. The van der Waals surface area contributed by atoms with E-state index in [9.17, 15) is 0 Å². The lowest BCUT2D eigenvalue weighted by molar-refractivity contribution is 0.436. The molecule has 78 valence electrons. The summed E-state index contributed by atoms with van der Waals surface area (Å²) in [5, 5.41) is 12.3. The molecule has 1 aliphatic heterocycles. The van der Waals surface area contributed by atoms with Gasteiger partial charge in [0.2, 0.25) is 0 Å². The predicted molar refractivity (Wildman–Crippen MR) is 55.8 cm³/mol. The maximum absolute atomic E-state index is 9.02. The van der Waals surface area contributed by atoms with E-state index in [1.54, 1.807) is 0 Å². The van der Waals surface area contributed by atoms with Crippen molar-refractivity contribution < 1.29 is 5.11 Å². The molecule has 1 fully saturated rings. The normalized spacial score (nSPS) is 17.4. The summed E-state index contributed by atoms with van der Waals surface area (Å²) in [5.74, 6) is 1.46. The molecule has 14 heavy (non-hydrogen) atoms. The Labute approximate surface area is 89.2 Å². The van der Waals surface area contributed by atoms with Gasteiger partial charge >= 0.3 is 0 Å².